The summed E-state index contributed by atoms with van der Waals surface area (Å²) in [6.45, 7) is 9.44. The third-order valence-electron chi connectivity index (χ3n) is 13.7. The summed E-state index contributed by atoms with van der Waals surface area (Å²) in [7, 11) is 0. The quantitative estimate of drug-likeness (QED) is 0.134. The van der Waals surface area contributed by atoms with Crippen LogP contribution in [-0.4, -0.2) is 0 Å². The lowest BCUT2D eigenvalue weighted by Crippen LogP contribution is -2.18. The fourth-order valence-electron chi connectivity index (χ4n) is 10.2. The van der Waals surface area contributed by atoms with Gasteiger partial charge in [0.2, 0.25) is 0 Å². The largest absolute Gasteiger partial charge is 0.311 e. The monoisotopic (exact) mass is 822 g/mol. The number of hydrogen-bond acceptors (Lipinski definition) is 2. The maximum absolute atomic E-state index is 2.44. The average molecular weight is 823 g/mol. The normalized spacial score (nSPS) is 13.8. The number of anilines is 6. The van der Waals surface area contributed by atoms with E-state index >= 15 is 0 Å². The predicted octanol–water partition coefficient (Wildman–Crippen LogP) is 17.1. The van der Waals surface area contributed by atoms with Crippen LogP contribution in [-0.2, 0) is 10.8 Å². The van der Waals surface area contributed by atoms with E-state index in [0.717, 1.165) is 45.3 Å². The Labute approximate surface area is 378 Å². The summed E-state index contributed by atoms with van der Waals surface area (Å²) < 4.78 is 0. The molecule has 0 aromatic heterocycles. The SMILES string of the molecule is CC1(C)c2ccccc2-c2ccc(N(c3ccc(/C=C/c4ccc(N(c5ccccc5)c5ccc(-c6ccccc6)cc5)cc4)cc3)c3ccc4c(c3)C(C)(C)c3ccccc3-4)cc21. The Morgan fingerprint density at radius 2 is 0.609 bits per heavy atom. The van der Waals surface area contributed by atoms with Crippen molar-refractivity contribution in [3.63, 3.8) is 0 Å². The molecule has 0 saturated heterocycles. The summed E-state index contributed by atoms with van der Waals surface area (Å²) in [6, 6.07) is 79.7. The molecule has 0 bridgehead atoms. The average Bonchev–Trinajstić information content (AvgIpc) is 3.71. The van der Waals surface area contributed by atoms with Crippen molar-refractivity contribution in [1.29, 1.82) is 0 Å². The minimum absolute atomic E-state index is 0.101. The lowest BCUT2D eigenvalue weighted by molar-refractivity contribution is 0.660. The highest BCUT2D eigenvalue weighted by molar-refractivity contribution is 5.89. The molecule has 0 aliphatic heterocycles. The third-order valence-corrected chi connectivity index (χ3v) is 13.7. The minimum Gasteiger partial charge on any atom is -0.311 e. The fraction of sp³-hybridized carbons (Fsp3) is 0.0968. The molecule has 0 saturated carbocycles. The number of rotatable bonds is 9. The van der Waals surface area contributed by atoms with Crippen LogP contribution in [0.3, 0.4) is 0 Å². The zero-order valence-corrected chi connectivity index (χ0v) is 36.8. The Balaban J connectivity index is 0.904. The number of para-hydroxylation sites is 1. The molecular formula is C62H50N2. The molecule has 0 unspecified atom stereocenters. The van der Waals surface area contributed by atoms with Crippen molar-refractivity contribution in [3.8, 4) is 33.4 Å². The molecule has 9 aromatic rings. The zero-order valence-electron chi connectivity index (χ0n) is 36.8. The van der Waals surface area contributed by atoms with E-state index in [9.17, 15) is 0 Å². The van der Waals surface area contributed by atoms with Crippen LogP contribution in [0.1, 0.15) is 61.1 Å². The van der Waals surface area contributed by atoms with Gasteiger partial charge < -0.3 is 9.80 Å². The second kappa shape index (κ2) is 15.6. The van der Waals surface area contributed by atoms with Crippen LogP contribution in [0.5, 0.6) is 0 Å². The molecular weight excluding hydrogens is 773 g/mol. The maximum atomic E-state index is 2.44. The molecule has 0 spiro atoms. The van der Waals surface area contributed by atoms with Gasteiger partial charge in [0.1, 0.15) is 0 Å². The number of hydrogen-bond donors (Lipinski definition) is 0. The molecule has 11 rings (SSSR count). The molecule has 0 heterocycles. The second-order valence-corrected chi connectivity index (χ2v) is 18.2. The highest BCUT2D eigenvalue weighted by Crippen LogP contribution is 2.53. The van der Waals surface area contributed by atoms with Crippen molar-refractivity contribution in [2.45, 2.75) is 38.5 Å². The van der Waals surface area contributed by atoms with Gasteiger partial charge >= 0.3 is 0 Å². The number of nitrogens with zero attached hydrogens (tertiary/aromatic N) is 2. The number of fused-ring (bicyclic) bond motifs is 6. The standard InChI is InChI=1S/C62H50N2/c1-61(2)57-21-13-11-19-53(57)55-39-37-51(41-59(55)61)64(52-38-40-56-54-20-12-14-22-58(54)62(3,4)60(56)42-52)49-33-27-44(28-34-49)24-23-43-25-31-48(32-26-43)63(47-17-9-6-10-18-47)50-35-29-46(30-36-50)45-15-7-5-8-16-45/h5-42H,1-4H3/b24-23+. The lowest BCUT2D eigenvalue weighted by atomic mass is 9.82. The summed E-state index contributed by atoms with van der Waals surface area (Å²) in [5.41, 5.74) is 22.1. The van der Waals surface area contributed by atoms with Gasteiger partial charge in [-0.15, -0.1) is 0 Å². The Morgan fingerprint density at radius 1 is 0.281 bits per heavy atom. The topological polar surface area (TPSA) is 6.48 Å². The maximum Gasteiger partial charge on any atom is 0.0465 e. The van der Waals surface area contributed by atoms with Crippen LogP contribution in [0.25, 0.3) is 45.5 Å². The first-order valence-electron chi connectivity index (χ1n) is 22.4. The van der Waals surface area contributed by atoms with Crippen LogP contribution >= 0.6 is 0 Å². The van der Waals surface area contributed by atoms with Crippen LogP contribution in [0, 0.1) is 0 Å². The van der Waals surface area contributed by atoms with Gasteiger partial charge in [0, 0.05) is 45.0 Å². The van der Waals surface area contributed by atoms with Gasteiger partial charge in [0.05, 0.1) is 0 Å². The van der Waals surface area contributed by atoms with E-state index in [1.165, 1.54) is 55.6 Å². The summed E-state index contributed by atoms with van der Waals surface area (Å²) in [5.74, 6) is 0. The van der Waals surface area contributed by atoms with E-state index in [1.54, 1.807) is 0 Å². The molecule has 64 heavy (non-hydrogen) atoms. The first-order valence-corrected chi connectivity index (χ1v) is 22.4. The van der Waals surface area contributed by atoms with E-state index in [-0.39, 0.29) is 10.8 Å². The molecule has 2 aliphatic rings. The predicted molar refractivity (Wildman–Crippen MR) is 272 cm³/mol. The van der Waals surface area contributed by atoms with Gasteiger partial charge in [-0.05, 0) is 140 Å². The molecule has 0 N–H and O–H groups in total. The van der Waals surface area contributed by atoms with Gasteiger partial charge in [-0.2, -0.15) is 0 Å². The van der Waals surface area contributed by atoms with Crippen LogP contribution in [0.2, 0.25) is 0 Å². The Morgan fingerprint density at radius 3 is 1.08 bits per heavy atom. The Hall–Kier alpha value is -7.68. The van der Waals surface area contributed by atoms with E-state index < -0.39 is 0 Å². The van der Waals surface area contributed by atoms with Crippen molar-refractivity contribution < 1.29 is 0 Å². The highest BCUT2D eigenvalue weighted by atomic mass is 15.1. The van der Waals surface area contributed by atoms with Gasteiger partial charge in [-0.1, -0.05) is 185 Å². The molecule has 0 radical (unpaired) electrons. The van der Waals surface area contributed by atoms with Crippen LogP contribution in [0.4, 0.5) is 34.1 Å². The molecule has 2 aliphatic carbocycles. The van der Waals surface area contributed by atoms with Gasteiger partial charge in [0.25, 0.3) is 0 Å². The Kier molecular flexibility index (Phi) is 9.55. The molecule has 2 heteroatoms. The van der Waals surface area contributed by atoms with Crippen molar-refractivity contribution in [1.82, 2.24) is 0 Å². The van der Waals surface area contributed by atoms with Gasteiger partial charge in [-0.25, -0.2) is 0 Å². The third kappa shape index (κ3) is 6.74. The van der Waals surface area contributed by atoms with Gasteiger partial charge in [0.15, 0.2) is 0 Å². The van der Waals surface area contributed by atoms with Crippen LogP contribution in [0.15, 0.2) is 218 Å². The van der Waals surface area contributed by atoms with Crippen molar-refractivity contribution in [2.24, 2.45) is 0 Å². The van der Waals surface area contributed by atoms with E-state index in [2.05, 4.69) is 268 Å². The molecule has 9 aromatic carbocycles. The molecule has 0 amide bonds. The molecule has 308 valence electrons. The molecule has 0 fully saturated rings. The van der Waals surface area contributed by atoms with E-state index in [0.29, 0.717) is 0 Å². The fourth-order valence-corrected chi connectivity index (χ4v) is 10.2. The Bertz CT molecular complexity index is 3070. The first-order chi connectivity index (χ1) is 31.2. The van der Waals surface area contributed by atoms with Crippen LogP contribution < -0.4 is 9.80 Å². The smallest absolute Gasteiger partial charge is 0.0465 e. The first kappa shape index (κ1) is 39.2. The summed E-state index contributed by atoms with van der Waals surface area (Å²) >= 11 is 0. The van der Waals surface area contributed by atoms with Crippen molar-refractivity contribution in [2.75, 3.05) is 9.80 Å². The lowest BCUT2D eigenvalue weighted by Gasteiger charge is -2.29. The summed E-state index contributed by atoms with van der Waals surface area (Å²) in [5, 5.41) is 0. The van der Waals surface area contributed by atoms with E-state index in [4.69, 9.17) is 0 Å². The molecule has 2 nitrogen and oxygen atoms in total. The number of benzene rings is 9. The van der Waals surface area contributed by atoms with Crippen molar-refractivity contribution >= 4 is 46.3 Å². The summed E-state index contributed by atoms with van der Waals surface area (Å²) in [6.07, 6.45) is 4.42. The second-order valence-electron chi connectivity index (χ2n) is 18.2. The van der Waals surface area contributed by atoms with Crippen molar-refractivity contribution in [3.05, 3.63) is 252 Å². The molecule has 0 atom stereocenters. The minimum atomic E-state index is -0.101. The van der Waals surface area contributed by atoms with Gasteiger partial charge in [-0.3, -0.25) is 0 Å². The zero-order chi connectivity index (χ0) is 43.4. The summed E-state index contributed by atoms with van der Waals surface area (Å²) in [4.78, 5) is 4.76. The van der Waals surface area contributed by atoms with E-state index in [1.807, 2.05) is 0 Å². The highest BCUT2D eigenvalue weighted by Gasteiger charge is 2.37.